The lowest BCUT2D eigenvalue weighted by atomic mass is 9.66. The highest BCUT2D eigenvalue weighted by molar-refractivity contribution is 6.58. The van der Waals surface area contributed by atoms with Crippen LogP contribution in [-0.2, 0) is 11.2 Å². The van der Waals surface area contributed by atoms with Crippen molar-refractivity contribution in [3.8, 4) is 0 Å². The molecule has 156 valence electrons. The molecule has 1 heterocycles. The third kappa shape index (κ3) is 7.26. The van der Waals surface area contributed by atoms with Gasteiger partial charge in [0, 0.05) is 18.8 Å². The standard InChI is InChI=1S/C19H26BN4O5/c1-13(2)10-17(20(27,28)29)24-18(25)15(11-14-6-4-3-5-7-14)23-19(26)16-12-21-8-9-22-16/h3-9,12-13,15,17,27-29H,10-11H2,1-2H3,(H,23,26)(H,24,25)/q-1/t15-,17+/m0/s1. The van der Waals surface area contributed by atoms with E-state index in [-0.39, 0.29) is 24.5 Å². The SMILES string of the molecule is CC(C)C[C@@H](NC(=O)[C@H](Cc1ccccc1)NC(=O)c1cnccn1)[B-](O)(O)O. The lowest BCUT2D eigenvalue weighted by molar-refractivity contribution is -0.123. The van der Waals surface area contributed by atoms with Crippen LogP contribution < -0.4 is 10.6 Å². The van der Waals surface area contributed by atoms with Gasteiger partial charge < -0.3 is 25.7 Å². The van der Waals surface area contributed by atoms with Gasteiger partial charge in [0.05, 0.1) is 6.20 Å². The van der Waals surface area contributed by atoms with Gasteiger partial charge in [-0.25, -0.2) is 4.98 Å². The minimum absolute atomic E-state index is 0.0187. The minimum atomic E-state index is -3.78. The van der Waals surface area contributed by atoms with E-state index in [1.165, 1.54) is 18.6 Å². The van der Waals surface area contributed by atoms with Gasteiger partial charge in [0.1, 0.15) is 11.7 Å². The van der Waals surface area contributed by atoms with Gasteiger partial charge in [0.25, 0.3) is 5.91 Å². The van der Waals surface area contributed by atoms with Crippen LogP contribution in [0.2, 0.25) is 0 Å². The molecule has 0 saturated heterocycles. The van der Waals surface area contributed by atoms with Crippen molar-refractivity contribution in [2.45, 2.75) is 38.7 Å². The number of nitrogens with zero attached hydrogens (tertiary/aromatic N) is 2. The molecule has 0 saturated carbocycles. The number of benzene rings is 1. The van der Waals surface area contributed by atoms with Gasteiger partial charge in [-0.2, -0.15) is 0 Å². The quantitative estimate of drug-likeness (QED) is 0.366. The normalized spacial score (nSPS) is 13.6. The maximum atomic E-state index is 12.9. The van der Waals surface area contributed by atoms with E-state index >= 15 is 0 Å². The smallest absolute Gasteiger partial charge is 0.393 e. The summed E-state index contributed by atoms with van der Waals surface area (Å²) in [7, 11) is 0. The zero-order valence-electron chi connectivity index (χ0n) is 16.4. The van der Waals surface area contributed by atoms with Crippen LogP contribution in [0.25, 0.3) is 0 Å². The fraction of sp³-hybridized carbons (Fsp3) is 0.368. The zero-order valence-corrected chi connectivity index (χ0v) is 16.4. The van der Waals surface area contributed by atoms with Crippen LogP contribution in [-0.4, -0.2) is 55.6 Å². The van der Waals surface area contributed by atoms with Crippen molar-refractivity contribution < 1.29 is 24.7 Å². The molecule has 2 atom stereocenters. The molecule has 2 amide bonds. The molecule has 5 N–H and O–H groups in total. The van der Waals surface area contributed by atoms with Crippen molar-refractivity contribution in [3.63, 3.8) is 0 Å². The van der Waals surface area contributed by atoms with Crippen LogP contribution in [0.1, 0.15) is 36.3 Å². The van der Waals surface area contributed by atoms with E-state index in [1.807, 2.05) is 19.9 Å². The maximum absolute atomic E-state index is 12.9. The summed E-state index contributed by atoms with van der Waals surface area (Å²) in [5, 5.41) is 34.0. The molecular formula is C19H26BN4O5-. The molecule has 9 nitrogen and oxygen atoms in total. The number of carbonyl (C=O) groups is 2. The lowest BCUT2D eigenvalue weighted by Gasteiger charge is -2.35. The minimum Gasteiger partial charge on any atom is -0.558 e. The van der Waals surface area contributed by atoms with Crippen molar-refractivity contribution in [1.29, 1.82) is 0 Å². The Morgan fingerprint density at radius 2 is 1.76 bits per heavy atom. The van der Waals surface area contributed by atoms with Crippen LogP contribution in [0.15, 0.2) is 48.9 Å². The van der Waals surface area contributed by atoms with E-state index < -0.39 is 30.6 Å². The first-order valence-corrected chi connectivity index (χ1v) is 9.40. The monoisotopic (exact) mass is 401 g/mol. The molecule has 10 heteroatoms. The molecule has 1 aromatic carbocycles. The van der Waals surface area contributed by atoms with Gasteiger partial charge in [0.15, 0.2) is 0 Å². The summed E-state index contributed by atoms with van der Waals surface area (Å²) in [6.45, 7) is -0.144. The predicted octanol–water partition coefficient (Wildman–Crippen LogP) is -0.196. The van der Waals surface area contributed by atoms with Gasteiger partial charge in [-0.05, 0) is 17.4 Å². The first-order valence-electron chi connectivity index (χ1n) is 9.40. The number of amides is 2. The first kappa shape index (κ1) is 22.5. The first-order chi connectivity index (χ1) is 13.7. The molecule has 0 spiro atoms. The molecule has 2 aromatic rings. The van der Waals surface area contributed by atoms with Gasteiger partial charge in [-0.3, -0.25) is 14.6 Å². The summed E-state index contributed by atoms with van der Waals surface area (Å²) < 4.78 is 0. The van der Waals surface area contributed by atoms with Gasteiger partial charge >= 0.3 is 6.75 Å². The van der Waals surface area contributed by atoms with E-state index in [1.54, 1.807) is 24.3 Å². The molecule has 29 heavy (non-hydrogen) atoms. The predicted molar refractivity (Wildman–Crippen MR) is 107 cm³/mol. The summed E-state index contributed by atoms with van der Waals surface area (Å²) in [6.07, 6.45) is 4.37. The highest BCUT2D eigenvalue weighted by Gasteiger charge is 2.33. The van der Waals surface area contributed by atoms with Gasteiger partial charge in [0.2, 0.25) is 5.91 Å². The highest BCUT2D eigenvalue weighted by atomic mass is 16.5. The largest absolute Gasteiger partial charge is 0.558 e. The van der Waals surface area contributed by atoms with Crippen LogP contribution in [0.4, 0.5) is 0 Å². The average Bonchev–Trinajstić information content (AvgIpc) is 2.67. The van der Waals surface area contributed by atoms with E-state index in [4.69, 9.17) is 0 Å². The van der Waals surface area contributed by atoms with Crippen molar-refractivity contribution >= 4 is 18.6 Å². The van der Waals surface area contributed by atoms with Crippen molar-refractivity contribution in [3.05, 3.63) is 60.2 Å². The summed E-state index contributed by atoms with van der Waals surface area (Å²) in [4.78, 5) is 33.1. The Bertz CT molecular complexity index is 799. The van der Waals surface area contributed by atoms with E-state index in [9.17, 15) is 24.7 Å². The summed E-state index contributed by atoms with van der Waals surface area (Å²) in [5.41, 5.74) is 0.836. The van der Waals surface area contributed by atoms with E-state index in [2.05, 4.69) is 20.6 Å². The van der Waals surface area contributed by atoms with Crippen molar-refractivity contribution in [2.75, 3.05) is 0 Å². The van der Waals surface area contributed by atoms with Crippen molar-refractivity contribution in [1.82, 2.24) is 20.6 Å². The maximum Gasteiger partial charge on any atom is 0.393 e. The topological polar surface area (TPSA) is 145 Å². The molecule has 0 aliphatic heterocycles. The molecule has 0 radical (unpaired) electrons. The Balaban J connectivity index is 2.20. The molecule has 2 rings (SSSR count). The molecule has 0 unspecified atom stereocenters. The van der Waals surface area contributed by atoms with E-state index in [0.29, 0.717) is 0 Å². The summed E-state index contributed by atoms with van der Waals surface area (Å²) in [5.74, 6) is -2.53. The van der Waals surface area contributed by atoms with E-state index in [0.717, 1.165) is 5.56 Å². The van der Waals surface area contributed by atoms with Crippen molar-refractivity contribution in [2.24, 2.45) is 5.92 Å². The Kier molecular flexibility index (Phi) is 7.83. The number of carbonyl (C=O) groups excluding carboxylic acids is 2. The Morgan fingerprint density at radius 3 is 2.31 bits per heavy atom. The van der Waals surface area contributed by atoms with Crippen LogP contribution in [0.3, 0.4) is 0 Å². The third-order valence-electron chi connectivity index (χ3n) is 4.29. The fourth-order valence-electron chi connectivity index (χ4n) is 2.85. The number of hydrogen-bond donors (Lipinski definition) is 5. The third-order valence-corrected chi connectivity index (χ3v) is 4.29. The summed E-state index contributed by atoms with van der Waals surface area (Å²) >= 11 is 0. The van der Waals surface area contributed by atoms with Crippen LogP contribution in [0, 0.1) is 5.92 Å². The number of aromatic nitrogens is 2. The number of nitrogens with one attached hydrogen (secondary N) is 2. The van der Waals surface area contributed by atoms with Crippen LogP contribution >= 0.6 is 0 Å². The van der Waals surface area contributed by atoms with Gasteiger partial charge in [-0.1, -0.05) is 50.6 Å². The molecule has 0 aliphatic rings. The number of rotatable bonds is 9. The molecule has 0 aliphatic carbocycles. The Hall–Kier alpha value is -2.82. The summed E-state index contributed by atoms with van der Waals surface area (Å²) in [6, 6.07) is 8.02. The second-order valence-corrected chi connectivity index (χ2v) is 7.34. The molecule has 0 fully saturated rings. The average molecular weight is 401 g/mol. The molecule has 1 aromatic heterocycles. The molecule has 0 bridgehead atoms. The fourth-order valence-corrected chi connectivity index (χ4v) is 2.85. The second kappa shape index (κ2) is 10.1. The van der Waals surface area contributed by atoms with Gasteiger partial charge in [-0.15, -0.1) is 0 Å². The number of hydrogen-bond acceptors (Lipinski definition) is 7. The Labute approximate surface area is 169 Å². The van der Waals surface area contributed by atoms with Crippen LogP contribution in [0.5, 0.6) is 0 Å². The lowest BCUT2D eigenvalue weighted by Crippen LogP contribution is -2.61. The highest BCUT2D eigenvalue weighted by Crippen LogP contribution is 2.12. The molecular weight excluding hydrogens is 375 g/mol. The Morgan fingerprint density at radius 1 is 1.07 bits per heavy atom. The zero-order chi connectivity index (χ0) is 21.4. The second-order valence-electron chi connectivity index (χ2n) is 7.34.